The number of carbonyl (C=O) groups excluding carboxylic acids is 1. The largest absolute Gasteiger partial charge is 0.481 e. The normalized spacial score (nSPS) is 11.9. The van der Waals surface area contributed by atoms with Crippen LogP contribution in [0.25, 0.3) is 0 Å². The SMILES string of the molecule is COc1cc(CNC(C)C(=O)NCc2ccco2)ccn1. The van der Waals surface area contributed by atoms with Gasteiger partial charge in [-0.1, -0.05) is 0 Å². The minimum atomic E-state index is -0.306. The molecular weight excluding hydrogens is 270 g/mol. The number of nitrogens with one attached hydrogen (secondary N) is 2. The molecule has 1 atom stereocenters. The molecule has 0 saturated carbocycles. The Morgan fingerprint density at radius 3 is 3.00 bits per heavy atom. The number of nitrogens with zero attached hydrogens (tertiary/aromatic N) is 1. The lowest BCUT2D eigenvalue weighted by Crippen LogP contribution is -2.41. The molecule has 0 aliphatic rings. The second-order valence-electron chi connectivity index (χ2n) is 4.61. The van der Waals surface area contributed by atoms with Crippen molar-refractivity contribution in [1.29, 1.82) is 0 Å². The van der Waals surface area contributed by atoms with Gasteiger partial charge < -0.3 is 19.8 Å². The van der Waals surface area contributed by atoms with Crippen LogP contribution in [0.15, 0.2) is 41.1 Å². The Labute approximate surface area is 123 Å². The molecule has 2 N–H and O–H groups in total. The fourth-order valence-electron chi connectivity index (χ4n) is 1.78. The molecule has 0 saturated heterocycles. The van der Waals surface area contributed by atoms with Crippen LogP contribution in [0.5, 0.6) is 5.88 Å². The van der Waals surface area contributed by atoms with Crippen molar-refractivity contribution in [3.05, 3.63) is 48.0 Å². The third kappa shape index (κ3) is 4.61. The molecule has 1 unspecified atom stereocenters. The van der Waals surface area contributed by atoms with E-state index in [9.17, 15) is 4.79 Å². The quantitative estimate of drug-likeness (QED) is 0.807. The first-order valence-corrected chi connectivity index (χ1v) is 6.71. The number of rotatable bonds is 7. The van der Waals surface area contributed by atoms with E-state index in [1.807, 2.05) is 25.1 Å². The summed E-state index contributed by atoms with van der Waals surface area (Å²) in [5, 5.41) is 5.97. The van der Waals surface area contributed by atoms with Crippen molar-refractivity contribution in [2.24, 2.45) is 0 Å². The summed E-state index contributed by atoms with van der Waals surface area (Å²) in [5.41, 5.74) is 1.01. The van der Waals surface area contributed by atoms with Crippen molar-refractivity contribution in [2.45, 2.75) is 26.1 Å². The van der Waals surface area contributed by atoms with Crippen molar-refractivity contribution in [1.82, 2.24) is 15.6 Å². The molecule has 112 valence electrons. The highest BCUT2D eigenvalue weighted by Gasteiger charge is 2.12. The van der Waals surface area contributed by atoms with E-state index in [0.717, 1.165) is 11.3 Å². The Hall–Kier alpha value is -2.34. The van der Waals surface area contributed by atoms with Crippen LogP contribution in [-0.2, 0) is 17.9 Å². The number of aromatic nitrogens is 1. The van der Waals surface area contributed by atoms with E-state index in [0.29, 0.717) is 19.0 Å². The van der Waals surface area contributed by atoms with Crippen molar-refractivity contribution in [3.63, 3.8) is 0 Å². The van der Waals surface area contributed by atoms with E-state index in [4.69, 9.17) is 9.15 Å². The van der Waals surface area contributed by atoms with Crippen LogP contribution < -0.4 is 15.4 Å². The summed E-state index contributed by atoms with van der Waals surface area (Å²) < 4.78 is 10.2. The van der Waals surface area contributed by atoms with Gasteiger partial charge in [0.05, 0.1) is 26.0 Å². The van der Waals surface area contributed by atoms with Gasteiger partial charge in [-0.05, 0) is 30.7 Å². The zero-order chi connectivity index (χ0) is 15.1. The summed E-state index contributed by atoms with van der Waals surface area (Å²) in [7, 11) is 1.57. The van der Waals surface area contributed by atoms with Crippen LogP contribution in [-0.4, -0.2) is 24.0 Å². The Kier molecular flexibility index (Phi) is 5.34. The summed E-state index contributed by atoms with van der Waals surface area (Å²) in [4.78, 5) is 16.0. The molecule has 21 heavy (non-hydrogen) atoms. The van der Waals surface area contributed by atoms with Gasteiger partial charge in [-0.2, -0.15) is 0 Å². The molecule has 2 rings (SSSR count). The Morgan fingerprint density at radius 2 is 2.29 bits per heavy atom. The van der Waals surface area contributed by atoms with E-state index in [2.05, 4.69) is 15.6 Å². The number of hydrogen-bond acceptors (Lipinski definition) is 5. The Bertz CT molecular complexity index is 569. The third-order valence-electron chi connectivity index (χ3n) is 3.03. The van der Waals surface area contributed by atoms with Gasteiger partial charge in [0, 0.05) is 18.8 Å². The van der Waals surface area contributed by atoms with Crippen LogP contribution in [0.2, 0.25) is 0 Å². The van der Waals surface area contributed by atoms with E-state index >= 15 is 0 Å². The zero-order valence-electron chi connectivity index (χ0n) is 12.1. The molecule has 0 radical (unpaired) electrons. The molecule has 2 aromatic heterocycles. The second kappa shape index (κ2) is 7.44. The fourth-order valence-corrected chi connectivity index (χ4v) is 1.78. The Morgan fingerprint density at radius 1 is 1.43 bits per heavy atom. The summed E-state index contributed by atoms with van der Waals surface area (Å²) in [6.45, 7) is 2.77. The standard InChI is InChI=1S/C15H19N3O3/c1-11(15(19)18-10-13-4-3-7-21-13)17-9-12-5-6-16-14(8-12)20-2/h3-8,11,17H,9-10H2,1-2H3,(H,18,19). The first-order valence-electron chi connectivity index (χ1n) is 6.71. The van der Waals surface area contributed by atoms with Crippen molar-refractivity contribution < 1.29 is 13.9 Å². The highest BCUT2D eigenvalue weighted by atomic mass is 16.5. The van der Waals surface area contributed by atoms with Crippen LogP contribution in [0.4, 0.5) is 0 Å². The van der Waals surface area contributed by atoms with Crippen LogP contribution in [0, 0.1) is 0 Å². The monoisotopic (exact) mass is 289 g/mol. The average molecular weight is 289 g/mol. The number of methoxy groups -OCH3 is 1. The Balaban J connectivity index is 1.77. The molecule has 2 heterocycles. The molecule has 0 bridgehead atoms. The van der Waals surface area contributed by atoms with Gasteiger partial charge in [-0.15, -0.1) is 0 Å². The maximum atomic E-state index is 11.9. The molecular formula is C15H19N3O3. The average Bonchev–Trinajstić information content (AvgIpc) is 3.03. The molecule has 0 aliphatic heterocycles. The van der Waals surface area contributed by atoms with E-state index in [1.165, 1.54) is 0 Å². The summed E-state index contributed by atoms with van der Waals surface area (Å²) in [5.74, 6) is 1.21. The molecule has 1 amide bonds. The van der Waals surface area contributed by atoms with E-state index < -0.39 is 0 Å². The summed E-state index contributed by atoms with van der Waals surface area (Å²) in [6, 6.07) is 7.02. The van der Waals surface area contributed by atoms with Crippen LogP contribution >= 0.6 is 0 Å². The smallest absolute Gasteiger partial charge is 0.237 e. The molecule has 2 aromatic rings. The lowest BCUT2D eigenvalue weighted by atomic mass is 10.2. The summed E-state index contributed by atoms with van der Waals surface area (Å²) >= 11 is 0. The number of furan rings is 1. The minimum Gasteiger partial charge on any atom is -0.481 e. The number of hydrogen-bond donors (Lipinski definition) is 2. The minimum absolute atomic E-state index is 0.0765. The highest BCUT2D eigenvalue weighted by Crippen LogP contribution is 2.08. The maximum absolute atomic E-state index is 11.9. The van der Waals surface area contributed by atoms with Crippen molar-refractivity contribution in [3.8, 4) is 5.88 Å². The lowest BCUT2D eigenvalue weighted by molar-refractivity contribution is -0.123. The topological polar surface area (TPSA) is 76.4 Å². The molecule has 0 aliphatic carbocycles. The molecule has 0 fully saturated rings. The fraction of sp³-hybridized carbons (Fsp3) is 0.333. The molecule has 0 aromatic carbocycles. The number of amides is 1. The van der Waals surface area contributed by atoms with Crippen LogP contribution in [0.3, 0.4) is 0 Å². The zero-order valence-corrected chi connectivity index (χ0v) is 12.1. The molecule has 6 nitrogen and oxygen atoms in total. The van der Waals surface area contributed by atoms with Crippen LogP contribution in [0.1, 0.15) is 18.2 Å². The predicted molar refractivity (Wildman–Crippen MR) is 77.6 cm³/mol. The lowest BCUT2D eigenvalue weighted by Gasteiger charge is -2.13. The van der Waals surface area contributed by atoms with E-state index in [1.54, 1.807) is 25.6 Å². The number of ether oxygens (including phenoxy) is 1. The van der Waals surface area contributed by atoms with E-state index in [-0.39, 0.29) is 11.9 Å². The number of carbonyl (C=O) groups is 1. The van der Waals surface area contributed by atoms with Crippen molar-refractivity contribution >= 4 is 5.91 Å². The molecule has 6 heteroatoms. The first kappa shape index (κ1) is 15.1. The molecule has 0 spiro atoms. The van der Waals surface area contributed by atoms with Gasteiger partial charge in [0.15, 0.2) is 0 Å². The second-order valence-corrected chi connectivity index (χ2v) is 4.61. The highest BCUT2D eigenvalue weighted by molar-refractivity contribution is 5.81. The van der Waals surface area contributed by atoms with Gasteiger partial charge in [0.25, 0.3) is 0 Å². The van der Waals surface area contributed by atoms with Crippen molar-refractivity contribution in [2.75, 3.05) is 7.11 Å². The van der Waals surface area contributed by atoms with Gasteiger partial charge >= 0.3 is 0 Å². The van der Waals surface area contributed by atoms with Gasteiger partial charge in [-0.25, -0.2) is 4.98 Å². The summed E-state index contributed by atoms with van der Waals surface area (Å²) in [6.07, 6.45) is 3.26. The number of pyridine rings is 1. The van der Waals surface area contributed by atoms with Gasteiger partial charge in [0.2, 0.25) is 11.8 Å². The predicted octanol–water partition coefficient (Wildman–Crippen LogP) is 1.48. The first-order chi connectivity index (χ1) is 10.2. The van der Waals surface area contributed by atoms with Gasteiger partial charge in [0.1, 0.15) is 5.76 Å². The maximum Gasteiger partial charge on any atom is 0.237 e. The third-order valence-corrected chi connectivity index (χ3v) is 3.03. The van der Waals surface area contributed by atoms with Gasteiger partial charge in [-0.3, -0.25) is 4.79 Å².